The molecule has 20 heavy (non-hydrogen) atoms. The Morgan fingerprint density at radius 3 is 2.55 bits per heavy atom. The lowest BCUT2D eigenvalue weighted by Crippen LogP contribution is -2.07. The average Bonchev–Trinajstić information content (AvgIpc) is 2.79. The molecule has 0 aliphatic heterocycles. The van der Waals surface area contributed by atoms with Crippen LogP contribution < -0.4 is 5.46 Å². The lowest BCUT2D eigenvalue weighted by molar-refractivity contribution is 0.867. The Morgan fingerprint density at radius 1 is 1.20 bits per heavy atom. The fourth-order valence-electron chi connectivity index (χ4n) is 2.48. The summed E-state index contributed by atoms with van der Waals surface area (Å²) in [6, 6.07) is 10.8. The maximum Gasteiger partial charge on any atom is 0.141 e. The van der Waals surface area contributed by atoms with Crippen LogP contribution >= 0.6 is 11.6 Å². The van der Waals surface area contributed by atoms with Gasteiger partial charge in [0.1, 0.15) is 7.85 Å². The van der Waals surface area contributed by atoms with Crippen molar-refractivity contribution in [3.8, 4) is 11.1 Å². The predicted molar refractivity (Wildman–Crippen MR) is 87.9 cm³/mol. The molecule has 0 bridgehead atoms. The molecule has 0 N–H and O–H groups in total. The van der Waals surface area contributed by atoms with Crippen LogP contribution in [0.25, 0.3) is 16.6 Å². The Morgan fingerprint density at radius 2 is 1.90 bits per heavy atom. The van der Waals surface area contributed by atoms with E-state index in [0.717, 1.165) is 11.1 Å². The SMILES string of the molecule is Bc1cc(-c2ccc(C(C)C)cc2)c2c(Cl)cnn2c1. The van der Waals surface area contributed by atoms with Crippen LogP contribution in [0.1, 0.15) is 25.3 Å². The quantitative estimate of drug-likeness (QED) is 0.661. The molecule has 4 heteroatoms. The maximum atomic E-state index is 6.28. The molecule has 100 valence electrons. The molecule has 0 fully saturated rings. The second kappa shape index (κ2) is 4.99. The minimum absolute atomic E-state index is 0.542. The zero-order chi connectivity index (χ0) is 14.3. The van der Waals surface area contributed by atoms with Crippen molar-refractivity contribution in [1.29, 1.82) is 0 Å². The van der Waals surface area contributed by atoms with Crippen molar-refractivity contribution < 1.29 is 0 Å². The number of pyridine rings is 1. The molecule has 0 saturated heterocycles. The van der Waals surface area contributed by atoms with E-state index in [-0.39, 0.29) is 0 Å². The van der Waals surface area contributed by atoms with Crippen molar-refractivity contribution in [2.24, 2.45) is 0 Å². The molecular weight excluding hydrogens is 266 g/mol. The molecule has 0 amide bonds. The summed E-state index contributed by atoms with van der Waals surface area (Å²) in [6.45, 7) is 4.40. The first-order valence-corrected chi connectivity index (χ1v) is 7.18. The Bertz CT molecular complexity index is 760. The van der Waals surface area contributed by atoms with Crippen LogP contribution in [0.4, 0.5) is 0 Å². The third-order valence-electron chi connectivity index (χ3n) is 3.59. The van der Waals surface area contributed by atoms with E-state index in [2.05, 4.69) is 57.1 Å². The van der Waals surface area contributed by atoms with Gasteiger partial charge in [0.25, 0.3) is 0 Å². The number of nitrogens with zero attached hydrogens (tertiary/aromatic N) is 2. The van der Waals surface area contributed by atoms with E-state index in [0.29, 0.717) is 10.9 Å². The number of fused-ring (bicyclic) bond motifs is 1. The number of rotatable bonds is 2. The molecule has 0 atom stereocenters. The zero-order valence-electron chi connectivity index (χ0n) is 11.9. The smallest absolute Gasteiger partial charge is 0.141 e. The normalized spacial score (nSPS) is 11.4. The van der Waals surface area contributed by atoms with E-state index in [1.165, 1.54) is 16.6 Å². The van der Waals surface area contributed by atoms with Gasteiger partial charge in [-0.2, -0.15) is 5.10 Å². The first kappa shape index (κ1) is 13.3. The van der Waals surface area contributed by atoms with Gasteiger partial charge in [-0.3, -0.25) is 0 Å². The lowest BCUT2D eigenvalue weighted by Gasteiger charge is -2.10. The number of benzene rings is 1. The van der Waals surface area contributed by atoms with Crippen molar-refractivity contribution in [3.05, 3.63) is 53.3 Å². The molecule has 3 rings (SSSR count). The van der Waals surface area contributed by atoms with Crippen LogP contribution in [-0.2, 0) is 0 Å². The van der Waals surface area contributed by atoms with E-state index < -0.39 is 0 Å². The highest BCUT2D eigenvalue weighted by atomic mass is 35.5. The summed E-state index contributed by atoms with van der Waals surface area (Å²) in [6.07, 6.45) is 3.69. The third kappa shape index (κ3) is 2.23. The lowest BCUT2D eigenvalue weighted by atomic mass is 9.93. The summed E-state index contributed by atoms with van der Waals surface area (Å²) >= 11 is 6.28. The van der Waals surface area contributed by atoms with E-state index >= 15 is 0 Å². The van der Waals surface area contributed by atoms with Crippen LogP contribution in [0.15, 0.2) is 42.7 Å². The summed E-state index contributed by atoms with van der Waals surface area (Å²) in [5.41, 5.74) is 5.78. The third-order valence-corrected chi connectivity index (χ3v) is 3.87. The first-order chi connectivity index (χ1) is 9.56. The van der Waals surface area contributed by atoms with Gasteiger partial charge in [-0.25, -0.2) is 4.52 Å². The Balaban J connectivity index is 2.20. The van der Waals surface area contributed by atoms with Crippen LogP contribution in [0.3, 0.4) is 0 Å². The van der Waals surface area contributed by atoms with Gasteiger partial charge in [0.15, 0.2) is 0 Å². The summed E-state index contributed by atoms with van der Waals surface area (Å²) in [5, 5.41) is 4.98. The van der Waals surface area contributed by atoms with E-state index in [9.17, 15) is 0 Å². The fraction of sp³-hybridized carbons (Fsp3) is 0.188. The van der Waals surface area contributed by atoms with Crippen molar-refractivity contribution in [2.45, 2.75) is 19.8 Å². The summed E-state index contributed by atoms with van der Waals surface area (Å²) in [7, 11) is 2.07. The molecule has 0 unspecified atom stereocenters. The topological polar surface area (TPSA) is 17.3 Å². The van der Waals surface area contributed by atoms with Gasteiger partial charge in [-0.15, -0.1) is 0 Å². The van der Waals surface area contributed by atoms with Gasteiger partial charge in [0.2, 0.25) is 0 Å². The van der Waals surface area contributed by atoms with Crippen LogP contribution in [0.2, 0.25) is 5.02 Å². The monoisotopic (exact) mass is 282 g/mol. The highest BCUT2D eigenvalue weighted by Gasteiger charge is 2.10. The number of hydrogen-bond acceptors (Lipinski definition) is 1. The molecule has 2 nitrogen and oxygen atoms in total. The van der Waals surface area contributed by atoms with Crippen LogP contribution in [0.5, 0.6) is 0 Å². The minimum Gasteiger partial charge on any atom is -0.239 e. The van der Waals surface area contributed by atoms with Crippen LogP contribution in [0, 0.1) is 0 Å². The van der Waals surface area contributed by atoms with Gasteiger partial charge < -0.3 is 0 Å². The molecule has 3 aromatic rings. The van der Waals surface area contributed by atoms with E-state index in [4.69, 9.17) is 11.6 Å². The Kier molecular flexibility index (Phi) is 3.31. The van der Waals surface area contributed by atoms with Crippen LogP contribution in [-0.4, -0.2) is 17.5 Å². The number of aromatic nitrogens is 2. The van der Waals surface area contributed by atoms with Crippen molar-refractivity contribution in [2.75, 3.05) is 0 Å². The largest absolute Gasteiger partial charge is 0.239 e. The number of halogens is 1. The van der Waals surface area contributed by atoms with Gasteiger partial charge in [0.05, 0.1) is 16.7 Å². The molecule has 0 spiro atoms. The second-order valence-corrected chi connectivity index (χ2v) is 5.90. The molecule has 2 heterocycles. The Hall–Kier alpha value is -1.74. The zero-order valence-corrected chi connectivity index (χ0v) is 12.6. The highest BCUT2D eigenvalue weighted by Crippen LogP contribution is 2.29. The molecule has 0 aliphatic carbocycles. The average molecular weight is 283 g/mol. The molecule has 0 aliphatic rings. The van der Waals surface area contributed by atoms with Gasteiger partial charge >= 0.3 is 0 Å². The molecule has 0 saturated carbocycles. The molecule has 2 aromatic heterocycles. The summed E-state index contributed by atoms with van der Waals surface area (Å²) in [5.74, 6) is 0.542. The van der Waals surface area contributed by atoms with Crippen molar-refractivity contribution in [1.82, 2.24) is 9.61 Å². The fourth-order valence-corrected chi connectivity index (χ4v) is 2.72. The van der Waals surface area contributed by atoms with Gasteiger partial charge in [-0.1, -0.05) is 61.2 Å². The first-order valence-electron chi connectivity index (χ1n) is 6.80. The standard InChI is InChI=1S/C16H16BClN2/c1-10(2)11-3-5-12(6-4-11)14-7-13(17)9-20-16(14)15(18)8-19-20/h3-10H,17H2,1-2H3. The molecule has 0 radical (unpaired) electrons. The molecular formula is C16H16BClN2. The highest BCUT2D eigenvalue weighted by molar-refractivity contribution is 6.36. The maximum absolute atomic E-state index is 6.28. The summed E-state index contributed by atoms with van der Waals surface area (Å²) < 4.78 is 1.85. The van der Waals surface area contributed by atoms with Gasteiger partial charge in [0, 0.05) is 11.8 Å². The summed E-state index contributed by atoms with van der Waals surface area (Å²) in [4.78, 5) is 0. The van der Waals surface area contributed by atoms with Crippen molar-refractivity contribution >= 4 is 30.4 Å². The molecule has 1 aromatic carbocycles. The van der Waals surface area contributed by atoms with Crippen molar-refractivity contribution in [3.63, 3.8) is 0 Å². The van der Waals surface area contributed by atoms with E-state index in [1.54, 1.807) is 6.20 Å². The Labute approximate surface area is 124 Å². The predicted octanol–water partition coefficient (Wildman–Crippen LogP) is 3.04. The number of hydrogen-bond donors (Lipinski definition) is 0. The van der Waals surface area contributed by atoms with E-state index in [1.807, 2.05) is 10.7 Å². The van der Waals surface area contributed by atoms with Gasteiger partial charge in [-0.05, 0) is 17.0 Å². The second-order valence-electron chi connectivity index (χ2n) is 5.49. The minimum atomic E-state index is 0.542.